The summed E-state index contributed by atoms with van der Waals surface area (Å²) in [6, 6.07) is 7.91. The first-order valence-electron chi connectivity index (χ1n) is 6.68. The number of piperidine rings is 1. The van der Waals surface area contributed by atoms with Gasteiger partial charge in [0.25, 0.3) is 0 Å². The molecular formula is C15H21ClN2. The first-order valence-corrected chi connectivity index (χ1v) is 7.06. The highest BCUT2D eigenvalue weighted by molar-refractivity contribution is 6.30. The smallest absolute Gasteiger partial charge is 0.0406 e. The van der Waals surface area contributed by atoms with Gasteiger partial charge in [-0.15, -0.1) is 0 Å². The average Bonchev–Trinajstić information content (AvgIpc) is 2.42. The molecule has 1 heterocycles. The number of hydrogen-bond donors (Lipinski definition) is 2. The number of hydrogen-bond acceptors (Lipinski definition) is 2. The van der Waals surface area contributed by atoms with Crippen LogP contribution in [0.2, 0.25) is 5.02 Å². The Labute approximate surface area is 114 Å². The van der Waals surface area contributed by atoms with Gasteiger partial charge < -0.3 is 10.6 Å². The van der Waals surface area contributed by atoms with E-state index in [0.29, 0.717) is 0 Å². The summed E-state index contributed by atoms with van der Waals surface area (Å²) in [7, 11) is 0. The molecule has 2 N–H and O–H groups in total. The predicted molar refractivity (Wildman–Crippen MR) is 78.9 cm³/mol. The van der Waals surface area contributed by atoms with E-state index in [9.17, 15) is 0 Å². The molecule has 1 aliphatic rings. The molecule has 2 rings (SSSR count). The molecule has 0 aliphatic carbocycles. The van der Waals surface area contributed by atoms with Crippen LogP contribution in [-0.4, -0.2) is 26.2 Å². The lowest BCUT2D eigenvalue weighted by molar-refractivity contribution is 0.361. The van der Waals surface area contributed by atoms with Gasteiger partial charge in [-0.25, -0.2) is 0 Å². The van der Waals surface area contributed by atoms with Crippen LogP contribution in [0.3, 0.4) is 0 Å². The predicted octanol–water partition coefficient (Wildman–Crippen LogP) is 2.94. The van der Waals surface area contributed by atoms with E-state index in [-0.39, 0.29) is 0 Å². The molecule has 1 aromatic rings. The van der Waals surface area contributed by atoms with Crippen molar-refractivity contribution in [2.45, 2.75) is 12.8 Å². The third-order valence-corrected chi connectivity index (χ3v) is 3.59. The van der Waals surface area contributed by atoms with Crippen molar-refractivity contribution in [1.29, 1.82) is 0 Å². The second-order valence-electron chi connectivity index (χ2n) is 4.81. The molecule has 18 heavy (non-hydrogen) atoms. The van der Waals surface area contributed by atoms with Gasteiger partial charge in [0.15, 0.2) is 0 Å². The SMILES string of the molecule is Clc1ccc(/C=C/CNCC2CCNCC2)cc1. The van der Waals surface area contributed by atoms with Crippen molar-refractivity contribution < 1.29 is 0 Å². The van der Waals surface area contributed by atoms with E-state index >= 15 is 0 Å². The summed E-state index contributed by atoms with van der Waals surface area (Å²) in [5, 5.41) is 7.67. The van der Waals surface area contributed by atoms with E-state index in [0.717, 1.165) is 24.0 Å². The van der Waals surface area contributed by atoms with Crippen LogP contribution >= 0.6 is 11.6 Å². The molecule has 0 aromatic heterocycles. The third kappa shape index (κ3) is 4.81. The van der Waals surface area contributed by atoms with Crippen molar-refractivity contribution in [3.63, 3.8) is 0 Å². The first kappa shape index (κ1) is 13.6. The summed E-state index contributed by atoms with van der Waals surface area (Å²) in [5.41, 5.74) is 1.20. The van der Waals surface area contributed by atoms with Crippen molar-refractivity contribution >= 4 is 17.7 Å². The van der Waals surface area contributed by atoms with Crippen LogP contribution in [-0.2, 0) is 0 Å². The fourth-order valence-corrected chi connectivity index (χ4v) is 2.35. The van der Waals surface area contributed by atoms with Crippen molar-refractivity contribution in [2.75, 3.05) is 26.2 Å². The molecule has 1 saturated heterocycles. The van der Waals surface area contributed by atoms with Gasteiger partial charge in [-0.3, -0.25) is 0 Å². The minimum atomic E-state index is 0.788. The zero-order chi connectivity index (χ0) is 12.6. The number of nitrogens with one attached hydrogen (secondary N) is 2. The molecule has 0 amide bonds. The van der Waals surface area contributed by atoms with E-state index in [1.54, 1.807) is 0 Å². The Morgan fingerprint density at radius 3 is 2.67 bits per heavy atom. The van der Waals surface area contributed by atoms with Gasteiger partial charge in [-0.05, 0) is 56.1 Å². The minimum absolute atomic E-state index is 0.788. The molecule has 0 saturated carbocycles. The largest absolute Gasteiger partial charge is 0.317 e. The van der Waals surface area contributed by atoms with E-state index in [1.165, 1.54) is 31.5 Å². The molecule has 0 bridgehead atoms. The number of halogens is 1. The lowest BCUT2D eigenvalue weighted by Crippen LogP contribution is -2.33. The monoisotopic (exact) mass is 264 g/mol. The van der Waals surface area contributed by atoms with Crippen LogP contribution in [0.25, 0.3) is 6.08 Å². The van der Waals surface area contributed by atoms with Crippen LogP contribution in [0.1, 0.15) is 18.4 Å². The summed E-state index contributed by atoms with van der Waals surface area (Å²) in [6.07, 6.45) is 6.90. The Morgan fingerprint density at radius 2 is 1.94 bits per heavy atom. The summed E-state index contributed by atoms with van der Waals surface area (Å²) in [6.45, 7) is 4.42. The molecule has 3 heteroatoms. The second-order valence-corrected chi connectivity index (χ2v) is 5.24. The highest BCUT2D eigenvalue weighted by atomic mass is 35.5. The van der Waals surface area contributed by atoms with Crippen LogP contribution in [0.4, 0.5) is 0 Å². The van der Waals surface area contributed by atoms with Crippen LogP contribution < -0.4 is 10.6 Å². The first-order chi connectivity index (χ1) is 8.84. The minimum Gasteiger partial charge on any atom is -0.317 e. The van der Waals surface area contributed by atoms with E-state index in [4.69, 9.17) is 11.6 Å². The molecule has 0 radical (unpaired) electrons. The van der Waals surface area contributed by atoms with Crippen molar-refractivity contribution in [3.8, 4) is 0 Å². The fourth-order valence-electron chi connectivity index (χ4n) is 2.23. The Kier molecular flexibility index (Phi) is 5.72. The van der Waals surface area contributed by atoms with Gasteiger partial charge in [0.05, 0.1) is 0 Å². The maximum absolute atomic E-state index is 5.84. The molecule has 1 aliphatic heterocycles. The second kappa shape index (κ2) is 7.57. The summed E-state index contributed by atoms with van der Waals surface area (Å²) in [4.78, 5) is 0. The van der Waals surface area contributed by atoms with Crippen molar-refractivity contribution in [3.05, 3.63) is 40.9 Å². The maximum Gasteiger partial charge on any atom is 0.0406 e. The van der Waals surface area contributed by atoms with Gasteiger partial charge in [0.2, 0.25) is 0 Å². The normalized spacial score (nSPS) is 17.4. The van der Waals surface area contributed by atoms with Gasteiger partial charge in [-0.2, -0.15) is 0 Å². The molecule has 1 aromatic carbocycles. The van der Waals surface area contributed by atoms with Gasteiger partial charge in [0.1, 0.15) is 0 Å². The van der Waals surface area contributed by atoms with E-state index in [2.05, 4.69) is 22.8 Å². The Balaban J connectivity index is 1.63. The Morgan fingerprint density at radius 1 is 1.22 bits per heavy atom. The van der Waals surface area contributed by atoms with Crippen molar-refractivity contribution in [1.82, 2.24) is 10.6 Å². The molecule has 2 nitrogen and oxygen atoms in total. The summed E-state index contributed by atoms with van der Waals surface area (Å²) < 4.78 is 0. The molecule has 98 valence electrons. The van der Waals surface area contributed by atoms with Gasteiger partial charge in [-0.1, -0.05) is 35.9 Å². The van der Waals surface area contributed by atoms with E-state index in [1.807, 2.05) is 24.3 Å². The molecule has 0 spiro atoms. The van der Waals surface area contributed by atoms with Gasteiger partial charge in [0, 0.05) is 11.6 Å². The number of rotatable bonds is 5. The Bertz CT molecular complexity index is 367. The van der Waals surface area contributed by atoms with Crippen LogP contribution in [0.15, 0.2) is 30.3 Å². The standard InChI is InChI=1S/C15H21ClN2/c16-15-5-3-13(4-6-15)2-1-9-18-12-14-7-10-17-11-8-14/h1-6,14,17-18H,7-12H2/b2-1+. The highest BCUT2D eigenvalue weighted by Gasteiger charge is 2.11. The van der Waals surface area contributed by atoms with Crippen LogP contribution in [0, 0.1) is 5.92 Å². The molecule has 0 atom stereocenters. The van der Waals surface area contributed by atoms with Gasteiger partial charge >= 0.3 is 0 Å². The molecule has 1 fully saturated rings. The third-order valence-electron chi connectivity index (χ3n) is 3.33. The summed E-state index contributed by atoms with van der Waals surface area (Å²) >= 11 is 5.84. The average molecular weight is 265 g/mol. The van der Waals surface area contributed by atoms with Crippen molar-refractivity contribution in [2.24, 2.45) is 5.92 Å². The maximum atomic E-state index is 5.84. The molecule has 0 unspecified atom stereocenters. The number of benzene rings is 1. The topological polar surface area (TPSA) is 24.1 Å². The van der Waals surface area contributed by atoms with E-state index < -0.39 is 0 Å². The zero-order valence-electron chi connectivity index (χ0n) is 10.7. The lowest BCUT2D eigenvalue weighted by Gasteiger charge is -2.22. The van der Waals surface area contributed by atoms with Crippen LogP contribution in [0.5, 0.6) is 0 Å². The summed E-state index contributed by atoms with van der Waals surface area (Å²) in [5.74, 6) is 0.843. The highest BCUT2D eigenvalue weighted by Crippen LogP contribution is 2.11. The zero-order valence-corrected chi connectivity index (χ0v) is 11.4. The lowest BCUT2D eigenvalue weighted by atomic mass is 9.98. The Hall–Kier alpha value is -0.830. The quantitative estimate of drug-likeness (QED) is 0.799. The molecular weight excluding hydrogens is 244 g/mol. The fraction of sp³-hybridized carbons (Fsp3) is 0.467.